The average Bonchev–Trinajstić information content (AvgIpc) is 2.15. The van der Waals surface area contributed by atoms with Gasteiger partial charge >= 0.3 is 0 Å². The number of primary amides is 1. The molecule has 1 rings (SSSR count). The van der Waals surface area contributed by atoms with Gasteiger partial charge in [-0.25, -0.2) is 0 Å². The van der Waals surface area contributed by atoms with E-state index in [1.807, 2.05) is 0 Å². The van der Waals surface area contributed by atoms with E-state index in [4.69, 9.17) is 20.7 Å². The predicted octanol–water partition coefficient (Wildman–Crippen LogP) is -0.525. The smallest absolute Gasteiger partial charge is 0.252 e. The molecule has 0 fully saturated rings. The third-order valence-electron chi connectivity index (χ3n) is 1.54. The molecule has 4 N–H and O–H groups in total. The van der Waals surface area contributed by atoms with E-state index in [-0.39, 0.29) is 17.9 Å². The highest BCUT2D eigenvalue weighted by Gasteiger charge is 2.08. The number of hydrogen-bond donors (Lipinski definition) is 3. The van der Waals surface area contributed by atoms with Crippen LogP contribution in [-0.2, 0) is 0 Å². The highest BCUT2D eigenvalue weighted by atomic mass is 16.5. The Morgan fingerprint density at radius 2 is 2.07 bits per heavy atom. The number of nitrogens with two attached hydrogens (primary N) is 1. The summed E-state index contributed by atoms with van der Waals surface area (Å²) in [7, 11) is 0. The first kappa shape index (κ1) is 10.5. The summed E-state index contributed by atoms with van der Waals surface area (Å²) in [6.07, 6.45) is -1.57. The second kappa shape index (κ2) is 4.59. The number of aliphatic hydroxyl groups is 2. The van der Waals surface area contributed by atoms with Crippen molar-refractivity contribution in [2.75, 3.05) is 6.61 Å². The Hall–Kier alpha value is -1.59. The van der Waals surface area contributed by atoms with E-state index in [9.17, 15) is 4.79 Å². The fourth-order valence-electron chi connectivity index (χ4n) is 0.960. The Bertz CT molecular complexity index is 324. The lowest BCUT2D eigenvalue weighted by Crippen LogP contribution is -2.18. The maximum atomic E-state index is 10.9. The summed E-state index contributed by atoms with van der Waals surface area (Å²) in [5.74, 6) is -0.374. The molecule has 1 aromatic carbocycles. The highest BCUT2D eigenvalue weighted by Crippen LogP contribution is 2.16. The number of para-hydroxylation sites is 1. The summed E-state index contributed by atoms with van der Waals surface area (Å²) in [5, 5.41) is 17.1. The summed E-state index contributed by atoms with van der Waals surface area (Å²) in [4.78, 5) is 10.9. The van der Waals surface area contributed by atoms with Crippen molar-refractivity contribution in [1.82, 2.24) is 0 Å². The molecule has 1 amide bonds. The third kappa shape index (κ3) is 2.72. The van der Waals surface area contributed by atoms with Crippen LogP contribution in [0, 0.1) is 0 Å². The number of benzene rings is 1. The molecular formula is C9H11NO4. The Morgan fingerprint density at radius 1 is 1.43 bits per heavy atom. The molecule has 1 aromatic rings. The van der Waals surface area contributed by atoms with E-state index >= 15 is 0 Å². The fraction of sp³-hybridized carbons (Fsp3) is 0.222. The maximum absolute atomic E-state index is 10.9. The van der Waals surface area contributed by atoms with Crippen molar-refractivity contribution in [2.45, 2.75) is 6.29 Å². The molecule has 0 heterocycles. The number of hydrogen-bond acceptors (Lipinski definition) is 4. The molecule has 0 radical (unpaired) electrons. The summed E-state index contributed by atoms with van der Waals surface area (Å²) in [6.45, 7) is -0.301. The molecule has 5 nitrogen and oxygen atoms in total. The van der Waals surface area contributed by atoms with Crippen molar-refractivity contribution < 1.29 is 19.7 Å². The van der Waals surface area contributed by atoms with Gasteiger partial charge in [-0.15, -0.1) is 0 Å². The van der Waals surface area contributed by atoms with Crippen LogP contribution >= 0.6 is 0 Å². The SMILES string of the molecule is NC(=O)c1ccccc1OCC(O)O. The molecule has 0 aliphatic carbocycles. The third-order valence-corrected chi connectivity index (χ3v) is 1.54. The number of carbonyl (C=O) groups excluding carboxylic acids is 1. The van der Waals surface area contributed by atoms with Crippen LogP contribution < -0.4 is 10.5 Å². The Labute approximate surface area is 80.7 Å². The lowest BCUT2D eigenvalue weighted by Gasteiger charge is -2.09. The highest BCUT2D eigenvalue weighted by molar-refractivity contribution is 5.95. The predicted molar refractivity (Wildman–Crippen MR) is 48.7 cm³/mol. The van der Waals surface area contributed by atoms with E-state index in [0.717, 1.165) is 0 Å². The lowest BCUT2D eigenvalue weighted by molar-refractivity contribution is -0.0681. The van der Waals surface area contributed by atoms with Gasteiger partial charge in [0.1, 0.15) is 12.4 Å². The van der Waals surface area contributed by atoms with Crippen molar-refractivity contribution in [3.8, 4) is 5.75 Å². The quantitative estimate of drug-likeness (QED) is 0.566. The molecule has 0 aromatic heterocycles. The molecule has 0 spiro atoms. The van der Waals surface area contributed by atoms with Crippen molar-refractivity contribution in [3.05, 3.63) is 29.8 Å². The molecule has 14 heavy (non-hydrogen) atoms. The molecular weight excluding hydrogens is 186 g/mol. The van der Waals surface area contributed by atoms with E-state index in [0.29, 0.717) is 0 Å². The van der Waals surface area contributed by atoms with Gasteiger partial charge in [0.2, 0.25) is 0 Å². The second-order valence-electron chi connectivity index (χ2n) is 2.65. The molecule has 0 atom stereocenters. The van der Waals surface area contributed by atoms with Crippen molar-refractivity contribution in [2.24, 2.45) is 5.73 Å². The standard InChI is InChI=1S/C9H11NO4/c10-9(13)6-3-1-2-4-7(6)14-5-8(11)12/h1-4,8,11-12H,5H2,(H2,10,13). The van der Waals surface area contributed by atoms with Crippen LogP contribution in [0.4, 0.5) is 0 Å². The Morgan fingerprint density at radius 3 is 2.64 bits per heavy atom. The Balaban J connectivity index is 2.79. The van der Waals surface area contributed by atoms with Gasteiger partial charge in [-0.3, -0.25) is 4.79 Å². The van der Waals surface area contributed by atoms with Crippen LogP contribution in [0.2, 0.25) is 0 Å². The topological polar surface area (TPSA) is 92.8 Å². The number of ether oxygens (including phenoxy) is 1. The van der Waals surface area contributed by atoms with Gasteiger partial charge in [0.25, 0.3) is 5.91 Å². The van der Waals surface area contributed by atoms with Crippen LogP contribution in [0.3, 0.4) is 0 Å². The van der Waals surface area contributed by atoms with Crippen molar-refractivity contribution in [1.29, 1.82) is 0 Å². The van der Waals surface area contributed by atoms with Gasteiger partial charge in [0.05, 0.1) is 5.56 Å². The minimum absolute atomic E-state index is 0.216. The van der Waals surface area contributed by atoms with E-state index < -0.39 is 12.2 Å². The molecule has 0 bridgehead atoms. The van der Waals surface area contributed by atoms with Crippen molar-refractivity contribution >= 4 is 5.91 Å². The van der Waals surface area contributed by atoms with Gasteiger partial charge in [0, 0.05) is 0 Å². The number of amides is 1. The lowest BCUT2D eigenvalue weighted by atomic mass is 10.2. The zero-order chi connectivity index (χ0) is 10.6. The average molecular weight is 197 g/mol. The normalized spacial score (nSPS) is 10.2. The fourth-order valence-corrected chi connectivity index (χ4v) is 0.960. The zero-order valence-electron chi connectivity index (χ0n) is 7.38. The molecule has 5 heteroatoms. The van der Waals surface area contributed by atoms with Crippen LogP contribution in [0.25, 0.3) is 0 Å². The van der Waals surface area contributed by atoms with Gasteiger partial charge < -0.3 is 20.7 Å². The van der Waals surface area contributed by atoms with E-state index in [1.54, 1.807) is 12.1 Å². The largest absolute Gasteiger partial charge is 0.487 e. The molecule has 0 saturated heterocycles. The van der Waals surface area contributed by atoms with E-state index in [1.165, 1.54) is 12.1 Å². The Kier molecular flexibility index (Phi) is 3.44. The minimum Gasteiger partial charge on any atom is -0.487 e. The first-order valence-electron chi connectivity index (χ1n) is 3.99. The van der Waals surface area contributed by atoms with Gasteiger partial charge in [0.15, 0.2) is 6.29 Å². The first-order chi connectivity index (χ1) is 6.61. The van der Waals surface area contributed by atoms with Crippen LogP contribution in [0.15, 0.2) is 24.3 Å². The van der Waals surface area contributed by atoms with Crippen LogP contribution in [0.5, 0.6) is 5.75 Å². The summed E-state index contributed by atoms with van der Waals surface area (Å²) >= 11 is 0. The maximum Gasteiger partial charge on any atom is 0.252 e. The van der Waals surface area contributed by atoms with Crippen LogP contribution in [-0.4, -0.2) is 29.0 Å². The zero-order valence-corrected chi connectivity index (χ0v) is 7.38. The second-order valence-corrected chi connectivity index (χ2v) is 2.65. The van der Waals surface area contributed by atoms with Gasteiger partial charge in [-0.1, -0.05) is 12.1 Å². The monoisotopic (exact) mass is 197 g/mol. The molecule has 0 aliphatic rings. The summed E-state index contributed by atoms with van der Waals surface area (Å²) < 4.78 is 4.96. The number of carbonyl (C=O) groups is 1. The van der Waals surface area contributed by atoms with Gasteiger partial charge in [-0.05, 0) is 12.1 Å². The minimum atomic E-state index is -1.57. The molecule has 0 unspecified atom stereocenters. The summed E-state index contributed by atoms with van der Waals surface area (Å²) in [5.41, 5.74) is 5.29. The molecule has 0 saturated carbocycles. The summed E-state index contributed by atoms with van der Waals surface area (Å²) in [6, 6.07) is 6.33. The number of aliphatic hydroxyl groups excluding tert-OH is 1. The van der Waals surface area contributed by atoms with Crippen LogP contribution in [0.1, 0.15) is 10.4 Å². The number of rotatable bonds is 4. The molecule has 76 valence electrons. The van der Waals surface area contributed by atoms with Crippen molar-refractivity contribution in [3.63, 3.8) is 0 Å². The first-order valence-corrected chi connectivity index (χ1v) is 3.99. The van der Waals surface area contributed by atoms with E-state index in [2.05, 4.69) is 0 Å². The van der Waals surface area contributed by atoms with Gasteiger partial charge in [-0.2, -0.15) is 0 Å². The molecule has 0 aliphatic heterocycles.